The molecule has 0 aliphatic carbocycles. The molecule has 7 nitrogen and oxygen atoms in total. The van der Waals surface area contributed by atoms with Crippen molar-refractivity contribution >= 4 is 5.91 Å². The third kappa shape index (κ3) is 3.54. The first-order valence-electron chi connectivity index (χ1n) is 9.26. The Morgan fingerprint density at radius 3 is 2.88 bits per heavy atom. The molecule has 140 valence electrons. The smallest absolute Gasteiger partial charge is 0.267 e. The van der Waals surface area contributed by atoms with Gasteiger partial charge in [0.1, 0.15) is 5.69 Å². The van der Waals surface area contributed by atoms with E-state index in [1.807, 2.05) is 47.9 Å². The average molecular weight is 357 g/mol. The second-order valence-corrected chi connectivity index (χ2v) is 7.78. The Morgan fingerprint density at radius 1 is 1.42 bits per heavy atom. The first kappa shape index (κ1) is 17.3. The summed E-state index contributed by atoms with van der Waals surface area (Å²) in [6, 6.07) is 3.73. The zero-order valence-electron chi connectivity index (χ0n) is 15.5. The van der Waals surface area contributed by atoms with Crippen LogP contribution in [0.2, 0.25) is 0 Å². The van der Waals surface area contributed by atoms with Crippen molar-refractivity contribution in [2.45, 2.75) is 25.0 Å². The van der Waals surface area contributed by atoms with E-state index in [4.69, 9.17) is 4.74 Å². The predicted octanol–water partition coefficient (Wildman–Crippen LogP) is 1.17. The Kier molecular flexibility index (Phi) is 4.58. The number of carbonyl (C=O) groups is 1. The van der Waals surface area contributed by atoms with Gasteiger partial charge in [-0.1, -0.05) is 0 Å². The number of amides is 1. The molecule has 0 aromatic carbocycles. The van der Waals surface area contributed by atoms with Gasteiger partial charge < -0.3 is 14.6 Å². The van der Waals surface area contributed by atoms with Gasteiger partial charge in [0, 0.05) is 58.2 Å². The zero-order chi connectivity index (χ0) is 18.1. The number of ether oxygens (including phenoxy) is 1. The van der Waals surface area contributed by atoms with E-state index >= 15 is 0 Å². The Labute approximate surface area is 153 Å². The van der Waals surface area contributed by atoms with Gasteiger partial charge in [-0.3, -0.25) is 14.4 Å². The molecule has 2 saturated heterocycles. The quantitative estimate of drug-likeness (QED) is 0.873. The number of nitrogens with zero attached hydrogens (tertiary/aromatic N) is 4. The van der Waals surface area contributed by atoms with Crippen molar-refractivity contribution in [3.63, 3.8) is 0 Å². The first-order chi connectivity index (χ1) is 12.5. The summed E-state index contributed by atoms with van der Waals surface area (Å²) in [6.07, 6.45) is 8.06. The first-order valence-corrected chi connectivity index (χ1v) is 9.26. The van der Waals surface area contributed by atoms with Gasteiger partial charge in [-0.2, -0.15) is 5.10 Å². The summed E-state index contributed by atoms with van der Waals surface area (Å²) >= 11 is 0. The van der Waals surface area contributed by atoms with Crippen LogP contribution in [0.4, 0.5) is 0 Å². The van der Waals surface area contributed by atoms with Crippen LogP contribution in [0, 0.1) is 5.92 Å². The molecule has 1 N–H and O–H groups in total. The van der Waals surface area contributed by atoms with Gasteiger partial charge >= 0.3 is 0 Å². The average Bonchev–Trinajstić information content (AvgIpc) is 3.21. The fraction of sp³-hybridized carbons (Fsp3) is 0.579. The van der Waals surface area contributed by atoms with E-state index in [-0.39, 0.29) is 11.5 Å². The number of aromatic nitrogens is 3. The molecule has 26 heavy (non-hydrogen) atoms. The summed E-state index contributed by atoms with van der Waals surface area (Å²) in [5.74, 6) is 0.390. The summed E-state index contributed by atoms with van der Waals surface area (Å²) in [6.45, 7) is 4.33. The third-order valence-corrected chi connectivity index (χ3v) is 5.55. The van der Waals surface area contributed by atoms with Crippen LogP contribution in [-0.2, 0) is 25.4 Å². The second-order valence-electron chi connectivity index (χ2n) is 7.78. The highest BCUT2D eigenvalue weighted by Crippen LogP contribution is 2.36. The van der Waals surface area contributed by atoms with Crippen molar-refractivity contribution in [1.82, 2.24) is 24.6 Å². The van der Waals surface area contributed by atoms with E-state index in [9.17, 15) is 4.79 Å². The molecule has 4 heterocycles. The van der Waals surface area contributed by atoms with Crippen molar-refractivity contribution in [1.29, 1.82) is 0 Å². The molecule has 2 aromatic rings. The lowest BCUT2D eigenvalue weighted by Gasteiger charge is -2.53. The van der Waals surface area contributed by atoms with Gasteiger partial charge in [-0.15, -0.1) is 0 Å². The summed E-state index contributed by atoms with van der Waals surface area (Å²) in [5.41, 5.74) is 1.98. The maximum absolute atomic E-state index is 12.2. The minimum Gasteiger partial charge on any atom is -0.372 e. The Hall–Kier alpha value is -2.12. The van der Waals surface area contributed by atoms with Crippen LogP contribution in [0.3, 0.4) is 0 Å². The Balaban J connectivity index is 1.19. The van der Waals surface area contributed by atoms with Crippen LogP contribution in [0.5, 0.6) is 0 Å². The van der Waals surface area contributed by atoms with E-state index in [1.54, 1.807) is 0 Å². The van der Waals surface area contributed by atoms with Gasteiger partial charge in [0.05, 0.1) is 18.4 Å². The topological polar surface area (TPSA) is 64.3 Å². The lowest BCUT2D eigenvalue weighted by Crippen LogP contribution is -2.64. The van der Waals surface area contributed by atoms with E-state index in [2.05, 4.69) is 21.5 Å². The van der Waals surface area contributed by atoms with Gasteiger partial charge in [-0.05, 0) is 30.9 Å². The highest BCUT2D eigenvalue weighted by molar-refractivity contribution is 5.92. The van der Waals surface area contributed by atoms with Crippen molar-refractivity contribution < 1.29 is 9.53 Å². The molecule has 1 amide bonds. The summed E-state index contributed by atoms with van der Waals surface area (Å²) in [7, 11) is 3.83. The molecular formula is C19H27N5O2. The van der Waals surface area contributed by atoms with Crippen LogP contribution >= 0.6 is 0 Å². The maximum atomic E-state index is 12.2. The van der Waals surface area contributed by atoms with Crippen LogP contribution in [0.25, 0.3) is 0 Å². The minimum absolute atomic E-state index is 0.0101. The zero-order valence-corrected chi connectivity index (χ0v) is 15.5. The number of hydrogen-bond acceptors (Lipinski definition) is 4. The van der Waals surface area contributed by atoms with Crippen LogP contribution in [-0.4, -0.2) is 57.0 Å². The fourth-order valence-corrected chi connectivity index (χ4v) is 4.04. The van der Waals surface area contributed by atoms with E-state index in [0.29, 0.717) is 18.2 Å². The molecule has 2 fully saturated rings. The van der Waals surface area contributed by atoms with E-state index in [1.165, 1.54) is 5.56 Å². The van der Waals surface area contributed by atoms with E-state index in [0.717, 1.165) is 39.1 Å². The number of rotatable bonds is 5. The van der Waals surface area contributed by atoms with Crippen LogP contribution < -0.4 is 5.32 Å². The molecule has 1 spiro atoms. The van der Waals surface area contributed by atoms with Gasteiger partial charge in [0.15, 0.2) is 0 Å². The second kappa shape index (κ2) is 6.89. The predicted molar refractivity (Wildman–Crippen MR) is 97.6 cm³/mol. The third-order valence-electron chi connectivity index (χ3n) is 5.55. The maximum Gasteiger partial charge on any atom is 0.267 e. The van der Waals surface area contributed by atoms with E-state index < -0.39 is 0 Å². The van der Waals surface area contributed by atoms with Crippen molar-refractivity contribution in [2.75, 3.05) is 26.2 Å². The van der Waals surface area contributed by atoms with Gasteiger partial charge in [0.2, 0.25) is 0 Å². The number of aryl methyl sites for hydroxylation is 2. The van der Waals surface area contributed by atoms with Gasteiger partial charge in [0.25, 0.3) is 5.91 Å². The number of likely N-dealkylation sites (tertiary alicyclic amines) is 1. The summed E-state index contributed by atoms with van der Waals surface area (Å²) in [4.78, 5) is 14.6. The number of carbonyl (C=O) groups excluding carboxylic acids is 1. The largest absolute Gasteiger partial charge is 0.372 e. The normalized spacial score (nSPS) is 22.3. The monoisotopic (exact) mass is 357 g/mol. The van der Waals surface area contributed by atoms with Crippen LogP contribution in [0.1, 0.15) is 28.9 Å². The number of nitrogens with one attached hydrogen (secondary N) is 1. The van der Waals surface area contributed by atoms with Crippen LogP contribution in [0.15, 0.2) is 30.7 Å². The molecule has 1 atom stereocenters. The highest BCUT2D eigenvalue weighted by atomic mass is 16.5. The number of hydrogen-bond donors (Lipinski definition) is 1. The molecule has 0 bridgehead atoms. The lowest BCUT2D eigenvalue weighted by atomic mass is 9.83. The molecule has 1 unspecified atom stereocenters. The van der Waals surface area contributed by atoms with Crippen molar-refractivity contribution in [3.8, 4) is 0 Å². The lowest BCUT2D eigenvalue weighted by molar-refractivity contribution is -0.181. The van der Waals surface area contributed by atoms with Crippen molar-refractivity contribution in [3.05, 3.63) is 42.0 Å². The Bertz CT molecular complexity index is 764. The summed E-state index contributed by atoms with van der Waals surface area (Å²) < 4.78 is 9.90. The minimum atomic E-state index is -0.0101. The molecule has 4 rings (SSSR count). The van der Waals surface area contributed by atoms with Crippen molar-refractivity contribution in [2.24, 2.45) is 20.0 Å². The highest BCUT2D eigenvalue weighted by Gasteiger charge is 2.46. The molecule has 2 aromatic heterocycles. The molecular weight excluding hydrogens is 330 g/mol. The molecule has 2 aliphatic heterocycles. The standard InChI is InChI=1S/C19H27N5O2/c1-22-7-3-4-17(22)18(25)20-8-15-5-6-19(26-12-15)13-24(14-19)11-16-9-21-23(2)10-16/h3-4,7,9-10,15H,5-6,8,11-14H2,1-2H3,(H,20,25). The molecule has 7 heteroatoms. The fourth-order valence-electron chi connectivity index (χ4n) is 4.04. The molecule has 0 radical (unpaired) electrons. The molecule has 2 aliphatic rings. The summed E-state index contributed by atoms with van der Waals surface area (Å²) in [5, 5.41) is 7.27. The molecule has 0 saturated carbocycles. The van der Waals surface area contributed by atoms with Gasteiger partial charge in [-0.25, -0.2) is 0 Å². The Morgan fingerprint density at radius 2 is 2.27 bits per heavy atom. The SMILES string of the molecule is Cn1cc(CN2CC3(CCC(CNC(=O)c4cccn4C)CO3)C2)cn1.